The minimum absolute atomic E-state index is 0.153. The van der Waals surface area contributed by atoms with E-state index in [4.69, 9.17) is 0 Å². The van der Waals surface area contributed by atoms with Gasteiger partial charge in [-0.3, -0.25) is 0 Å². The zero-order chi connectivity index (χ0) is 26.1. The van der Waals surface area contributed by atoms with Gasteiger partial charge >= 0.3 is 224 Å². The van der Waals surface area contributed by atoms with E-state index in [0.717, 1.165) is 0 Å². The third-order valence-corrected chi connectivity index (χ3v) is 16.6. The maximum absolute atomic E-state index is 2.63. The molecule has 2 aliphatic rings. The molecular formula is C34H46Zr. The Morgan fingerprint density at radius 1 is 0.686 bits per heavy atom. The normalized spacial score (nSPS) is 18.2. The average Bonchev–Trinajstić information content (AvgIpc) is 3.25. The number of fused-ring (bicyclic) bond motifs is 3. The van der Waals surface area contributed by atoms with E-state index < -0.39 is 21.3 Å². The molecule has 1 atom stereocenters. The molecule has 2 aromatic carbocycles. The molecule has 0 heterocycles. The maximum atomic E-state index is 2.63. The predicted molar refractivity (Wildman–Crippen MR) is 152 cm³/mol. The van der Waals surface area contributed by atoms with Gasteiger partial charge in [0.05, 0.1) is 0 Å². The molecule has 0 spiro atoms. The van der Waals surface area contributed by atoms with Crippen LogP contribution in [0.5, 0.6) is 0 Å². The Morgan fingerprint density at radius 3 is 1.49 bits per heavy atom. The first-order chi connectivity index (χ1) is 16.0. The van der Waals surface area contributed by atoms with E-state index in [1.165, 1.54) is 27.8 Å². The standard InChI is InChI=1S/C21H25.C10H15.C3H6.Zr/c1-20(2,3)16-7-9-18-14(12-16)11-15-13-17(21(4,5)6)8-10-19(15)18;1-8-5-6-9(7-8)10(2,3)4;1-3-2;/h7-13H,1-6H3;6-8H,1-4H3;1-2H3;. The Balaban J connectivity index is 1.99. The monoisotopic (exact) mass is 544 g/mol. The average molecular weight is 546 g/mol. The molecule has 4 rings (SSSR count). The second kappa shape index (κ2) is 8.90. The van der Waals surface area contributed by atoms with Crippen molar-refractivity contribution in [1.29, 1.82) is 0 Å². The van der Waals surface area contributed by atoms with Crippen LogP contribution in [0, 0.1) is 11.3 Å². The molecule has 0 amide bonds. The van der Waals surface area contributed by atoms with Gasteiger partial charge in [-0.1, -0.05) is 0 Å². The van der Waals surface area contributed by atoms with Crippen LogP contribution in [-0.2, 0) is 32.1 Å². The summed E-state index contributed by atoms with van der Waals surface area (Å²) < 4.78 is 4.04. The molecule has 0 fully saturated rings. The summed E-state index contributed by atoms with van der Waals surface area (Å²) in [6.45, 7) is 28.5. The number of hydrogen-bond donors (Lipinski definition) is 0. The van der Waals surface area contributed by atoms with Crippen molar-refractivity contribution in [1.82, 2.24) is 0 Å². The Bertz CT molecular complexity index is 1190. The van der Waals surface area contributed by atoms with Crippen LogP contribution in [-0.4, -0.2) is 3.21 Å². The first kappa shape index (κ1) is 26.7. The van der Waals surface area contributed by atoms with Crippen molar-refractivity contribution in [2.24, 2.45) is 11.3 Å². The van der Waals surface area contributed by atoms with Gasteiger partial charge in [0.1, 0.15) is 0 Å². The zero-order valence-electron chi connectivity index (χ0n) is 24.3. The number of rotatable bonds is 2. The molecule has 1 heteroatoms. The summed E-state index contributed by atoms with van der Waals surface area (Å²) in [5, 5.41) is 0. The number of benzene rings is 2. The van der Waals surface area contributed by atoms with Gasteiger partial charge in [-0.25, -0.2) is 0 Å². The molecule has 0 radical (unpaired) electrons. The SMILES string of the molecule is C[C](C)=[Zr]([C]1=CC(C(C)(C)C)=CC1C)[CH]1c2cc(C(C)(C)C)ccc2-c2ccc(C(C)(C)C)cc21. The van der Waals surface area contributed by atoms with Gasteiger partial charge in [-0.2, -0.15) is 0 Å². The van der Waals surface area contributed by atoms with Gasteiger partial charge in [-0.05, 0) is 0 Å². The topological polar surface area (TPSA) is 0 Å². The molecule has 2 aromatic rings. The van der Waals surface area contributed by atoms with Crippen molar-refractivity contribution in [3.8, 4) is 11.1 Å². The first-order valence-electron chi connectivity index (χ1n) is 13.4. The Hall–Kier alpha value is -1.33. The van der Waals surface area contributed by atoms with E-state index in [1.54, 1.807) is 17.6 Å². The summed E-state index contributed by atoms with van der Waals surface area (Å²) >= 11 is -2.26. The molecule has 2 aliphatic carbocycles. The summed E-state index contributed by atoms with van der Waals surface area (Å²) in [6.07, 6.45) is 5.19. The number of allylic oxidation sites excluding steroid dienone is 4. The van der Waals surface area contributed by atoms with Crippen LogP contribution >= 0.6 is 0 Å². The Kier molecular flexibility index (Phi) is 6.80. The molecule has 1 unspecified atom stereocenters. The van der Waals surface area contributed by atoms with Crippen molar-refractivity contribution in [3.63, 3.8) is 0 Å². The van der Waals surface area contributed by atoms with E-state index in [1.807, 2.05) is 0 Å². The molecular weight excluding hydrogens is 500 g/mol. The van der Waals surface area contributed by atoms with Crippen molar-refractivity contribution >= 4 is 3.21 Å². The first-order valence-corrected chi connectivity index (χ1v) is 17.3. The van der Waals surface area contributed by atoms with Gasteiger partial charge in [0.15, 0.2) is 0 Å². The quantitative estimate of drug-likeness (QED) is 0.352. The van der Waals surface area contributed by atoms with Crippen LogP contribution in [0.4, 0.5) is 0 Å². The summed E-state index contributed by atoms with van der Waals surface area (Å²) in [4.78, 5) is 0. The fourth-order valence-electron chi connectivity index (χ4n) is 5.75. The van der Waals surface area contributed by atoms with Crippen LogP contribution in [0.15, 0.2) is 57.4 Å². The van der Waals surface area contributed by atoms with Crippen molar-refractivity contribution in [3.05, 3.63) is 79.7 Å². The van der Waals surface area contributed by atoms with E-state index in [9.17, 15) is 0 Å². The van der Waals surface area contributed by atoms with Crippen LogP contribution in [0.3, 0.4) is 0 Å². The molecule has 0 saturated carbocycles. The summed E-state index contributed by atoms with van der Waals surface area (Å²) in [7, 11) is 0. The second-order valence-electron chi connectivity index (χ2n) is 14.2. The fourth-order valence-corrected chi connectivity index (χ4v) is 14.3. The molecule has 0 nitrogen and oxygen atoms in total. The van der Waals surface area contributed by atoms with Gasteiger partial charge in [0.25, 0.3) is 0 Å². The van der Waals surface area contributed by atoms with E-state index in [-0.39, 0.29) is 16.2 Å². The van der Waals surface area contributed by atoms with Crippen molar-refractivity contribution < 1.29 is 21.3 Å². The zero-order valence-corrected chi connectivity index (χ0v) is 26.7. The molecule has 0 aliphatic heterocycles. The van der Waals surface area contributed by atoms with E-state index in [2.05, 4.69) is 132 Å². The van der Waals surface area contributed by atoms with Crippen LogP contribution in [0.25, 0.3) is 11.1 Å². The van der Waals surface area contributed by atoms with Crippen LogP contribution in [0.1, 0.15) is 109 Å². The minimum atomic E-state index is -2.26. The predicted octanol–water partition coefficient (Wildman–Crippen LogP) is 9.69. The molecule has 0 aromatic heterocycles. The van der Waals surface area contributed by atoms with Crippen LogP contribution in [0.2, 0.25) is 0 Å². The van der Waals surface area contributed by atoms with Gasteiger partial charge in [-0.15, -0.1) is 0 Å². The molecule has 0 N–H and O–H groups in total. The van der Waals surface area contributed by atoms with Crippen molar-refractivity contribution in [2.75, 3.05) is 0 Å². The van der Waals surface area contributed by atoms with E-state index >= 15 is 0 Å². The molecule has 186 valence electrons. The molecule has 35 heavy (non-hydrogen) atoms. The molecule has 0 bridgehead atoms. The third-order valence-electron chi connectivity index (χ3n) is 7.98. The second-order valence-corrected chi connectivity index (χ2v) is 21.5. The summed E-state index contributed by atoms with van der Waals surface area (Å²) in [5.41, 5.74) is 11.1. The summed E-state index contributed by atoms with van der Waals surface area (Å²) in [5.74, 6) is 0.553. The van der Waals surface area contributed by atoms with Gasteiger partial charge < -0.3 is 0 Å². The Morgan fingerprint density at radius 2 is 1.14 bits per heavy atom. The van der Waals surface area contributed by atoms with Gasteiger partial charge in [0.2, 0.25) is 0 Å². The van der Waals surface area contributed by atoms with Gasteiger partial charge in [0, 0.05) is 0 Å². The fraction of sp³-hybridized carbons (Fsp3) is 0.500. The van der Waals surface area contributed by atoms with E-state index in [0.29, 0.717) is 9.54 Å². The number of hydrogen-bond acceptors (Lipinski definition) is 0. The van der Waals surface area contributed by atoms with Crippen LogP contribution < -0.4 is 0 Å². The molecule has 0 saturated heterocycles. The van der Waals surface area contributed by atoms with Crippen molar-refractivity contribution in [2.45, 2.75) is 97.5 Å². The summed E-state index contributed by atoms with van der Waals surface area (Å²) in [6, 6.07) is 14.8. The third kappa shape index (κ3) is 4.97. The Labute approximate surface area is 223 Å².